The van der Waals surface area contributed by atoms with E-state index < -0.39 is 6.10 Å². The minimum atomic E-state index is -0.829. The SMILES string of the molecule is CCCNCc1cc(C)c(OCC(O)CO)c(C)c1. The van der Waals surface area contributed by atoms with E-state index in [1.165, 1.54) is 5.56 Å². The Bertz CT molecular complexity index is 370. The third-order valence-electron chi connectivity index (χ3n) is 2.91. The molecule has 1 aromatic rings. The first kappa shape index (κ1) is 16.0. The highest BCUT2D eigenvalue weighted by Gasteiger charge is 2.09. The van der Waals surface area contributed by atoms with Crippen LogP contribution in [0.5, 0.6) is 5.75 Å². The first-order valence-electron chi connectivity index (χ1n) is 6.81. The van der Waals surface area contributed by atoms with Crippen LogP contribution in [0.25, 0.3) is 0 Å². The lowest BCUT2D eigenvalue weighted by atomic mass is 10.1. The van der Waals surface area contributed by atoms with Gasteiger partial charge in [0.1, 0.15) is 18.5 Å². The molecule has 0 amide bonds. The zero-order valence-corrected chi connectivity index (χ0v) is 12.1. The summed E-state index contributed by atoms with van der Waals surface area (Å²) in [5.41, 5.74) is 3.34. The lowest BCUT2D eigenvalue weighted by molar-refractivity contribution is 0.0531. The van der Waals surface area contributed by atoms with Crippen LogP contribution in [0.2, 0.25) is 0 Å². The molecule has 1 unspecified atom stereocenters. The molecule has 0 spiro atoms. The van der Waals surface area contributed by atoms with Crippen LogP contribution >= 0.6 is 0 Å². The molecule has 0 aliphatic heterocycles. The first-order valence-corrected chi connectivity index (χ1v) is 6.81. The van der Waals surface area contributed by atoms with Crippen molar-refractivity contribution in [1.82, 2.24) is 5.32 Å². The molecule has 3 N–H and O–H groups in total. The fraction of sp³-hybridized carbons (Fsp3) is 0.600. The summed E-state index contributed by atoms with van der Waals surface area (Å²) < 4.78 is 5.57. The van der Waals surface area contributed by atoms with E-state index in [0.29, 0.717) is 0 Å². The summed E-state index contributed by atoms with van der Waals surface area (Å²) in [4.78, 5) is 0. The van der Waals surface area contributed by atoms with E-state index in [0.717, 1.165) is 36.4 Å². The predicted molar refractivity (Wildman–Crippen MR) is 76.5 cm³/mol. The molecule has 0 aliphatic rings. The van der Waals surface area contributed by atoms with Crippen LogP contribution in [0.4, 0.5) is 0 Å². The molecule has 0 saturated carbocycles. The average molecular weight is 267 g/mol. The van der Waals surface area contributed by atoms with E-state index in [9.17, 15) is 5.11 Å². The van der Waals surface area contributed by atoms with E-state index in [1.54, 1.807) is 0 Å². The van der Waals surface area contributed by atoms with Crippen molar-refractivity contribution in [2.75, 3.05) is 19.8 Å². The maximum atomic E-state index is 9.31. The third kappa shape index (κ3) is 5.19. The van der Waals surface area contributed by atoms with Crippen molar-refractivity contribution in [3.63, 3.8) is 0 Å². The monoisotopic (exact) mass is 267 g/mol. The van der Waals surface area contributed by atoms with Gasteiger partial charge in [0.2, 0.25) is 0 Å². The van der Waals surface area contributed by atoms with Crippen LogP contribution in [-0.4, -0.2) is 36.1 Å². The van der Waals surface area contributed by atoms with Gasteiger partial charge in [-0.25, -0.2) is 0 Å². The number of rotatable bonds is 8. The molecule has 0 radical (unpaired) electrons. The number of ether oxygens (including phenoxy) is 1. The second kappa shape index (κ2) is 8.15. The molecular formula is C15H25NO3. The lowest BCUT2D eigenvalue weighted by Gasteiger charge is -2.16. The van der Waals surface area contributed by atoms with Crippen molar-refractivity contribution in [2.45, 2.75) is 39.8 Å². The van der Waals surface area contributed by atoms with Crippen molar-refractivity contribution in [2.24, 2.45) is 0 Å². The van der Waals surface area contributed by atoms with Crippen molar-refractivity contribution < 1.29 is 14.9 Å². The third-order valence-corrected chi connectivity index (χ3v) is 2.91. The van der Waals surface area contributed by atoms with Crippen LogP contribution < -0.4 is 10.1 Å². The molecule has 1 rings (SSSR count). The number of aliphatic hydroxyl groups is 2. The van der Waals surface area contributed by atoms with E-state index in [2.05, 4.69) is 24.4 Å². The van der Waals surface area contributed by atoms with Crippen LogP contribution in [0.1, 0.15) is 30.0 Å². The largest absolute Gasteiger partial charge is 0.490 e. The van der Waals surface area contributed by atoms with Gasteiger partial charge in [-0.1, -0.05) is 19.1 Å². The minimum absolute atomic E-state index is 0.117. The van der Waals surface area contributed by atoms with Crippen molar-refractivity contribution in [1.29, 1.82) is 0 Å². The standard InChI is InChI=1S/C15H25NO3/c1-4-5-16-8-13-6-11(2)15(12(3)7-13)19-10-14(18)9-17/h6-7,14,16-18H,4-5,8-10H2,1-3H3. The highest BCUT2D eigenvalue weighted by Crippen LogP contribution is 2.25. The zero-order chi connectivity index (χ0) is 14.3. The van der Waals surface area contributed by atoms with Crippen molar-refractivity contribution in [3.05, 3.63) is 28.8 Å². The molecule has 0 bridgehead atoms. The molecule has 0 fully saturated rings. The van der Waals surface area contributed by atoms with Gasteiger partial charge in [-0.2, -0.15) is 0 Å². The Morgan fingerprint density at radius 2 is 1.89 bits per heavy atom. The van der Waals surface area contributed by atoms with Crippen LogP contribution in [-0.2, 0) is 6.54 Å². The highest BCUT2D eigenvalue weighted by atomic mass is 16.5. The van der Waals surface area contributed by atoms with E-state index in [-0.39, 0.29) is 13.2 Å². The van der Waals surface area contributed by atoms with Crippen LogP contribution in [0, 0.1) is 13.8 Å². The van der Waals surface area contributed by atoms with Crippen molar-refractivity contribution in [3.8, 4) is 5.75 Å². The molecular weight excluding hydrogens is 242 g/mol. The quantitative estimate of drug-likeness (QED) is 0.625. The van der Waals surface area contributed by atoms with Crippen LogP contribution in [0.3, 0.4) is 0 Å². The number of hydrogen-bond acceptors (Lipinski definition) is 4. The zero-order valence-electron chi connectivity index (χ0n) is 12.1. The number of hydrogen-bond donors (Lipinski definition) is 3. The molecule has 1 atom stereocenters. The number of aliphatic hydroxyl groups excluding tert-OH is 2. The smallest absolute Gasteiger partial charge is 0.125 e. The molecule has 108 valence electrons. The minimum Gasteiger partial charge on any atom is -0.490 e. The Morgan fingerprint density at radius 1 is 1.26 bits per heavy atom. The summed E-state index contributed by atoms with van der Waals surface area (Å²) in [6.45, 7) is 7.84. The van der Waals surface area contributed by atoms with Crippen LogP contribution in [0.15, 0.2) is 12.1 Å². The number of benzene rings is 1. The normalized spacial score (nSPS) is 12.5. The molecule has 4 nitrogen and oxygen atoms in total. The second-order valence-electron chi connectivity index (χ2n) is 4.88. The summed E-state index contributed by atoms with van der Waals surface area (Å²) in [6, 6.07) is 4.19. The summed E-state index contributed by atoms with van der Waals surface area (Å²) in [5.74, 6) is 0.798. The van der Waals surface area contributed by atoms with Gasteiger partial charge in [-0.15, -0.1) is 0 Å². The Hall–Kier alpha value is -1.10. The second-order valence-corrected chi connectivity index (χ2v) is 4.88. The molecule has 0 aromatic heterocycles. The Morgan fingerprint density at radius 3 is 2.42 bits per heavy atom. The fourth-order valence-electron chi connectivity index (χ4n) is 2.01. The number of nitrogens with one attached hydrogen (secondary N) is 1. The van der Waals surface area contributed by atoms with E-state index in [4.69, 9.17) is 9.84 Å². The van der Waals surface area contributed by atoms with Gasteiger partial charge in [0.05, 0.1) is 6.61 Å². The fourth-order valence-corrected chi connectivity index (χ4v) is 2.01. The van der Waals surface area contributed by atoms with Gasteiger partial charge < -0.3 is 20.3 Å². The lowest BCUT2D eigenvalue weighted by Crippen LogP contribution is -2.22. The van der Waals surface area contributed by atoms with E-state index in [1.807, 2.05) is 13.8 Å². The van der Waals surface area contributed by atoms with Gasteiger partial charge in [0.15, 0.2) is 0 Å². The Balaban J connectivity index is 2.68. The van der Waals surface area contributed by atoms with Gasteiger partial charge in [-0.05, 0) is 43.5 Å². The molecule has 0 saturated heterocycles. The molecule has 0 aliphatic carbocycles. The summed E-state index contributed by atoms with van der Waals surface area (Å²) in [7, 11) is 0. The Labute approximate surface area is 115 Å². The van der Waals surface area contributed by atoms with E-state index >= 15 is 0 Å². The maximum Gasteiger partial charge on any atom is 0.125 e. The van der Waals surface area contributed by atoms with Gasteiger partial charge in [0, 0.05) is 6.54 Å². The molecule has 4 heteroatoms. The predicted octanol–water partition coefficient (Wildman–Crippen LogP) is 1.54. The number of aryl methyl sites for hydroxylation is 2. The first-order chi connectivity index (χ1) is 9.08. The Kier molecular flexibility index (Phi) is 6.84. The summed E-state index contributed by atoms with van der Waals surface area (Å²) >= 11 is 0. The van der Waals surface area contributed by atoms with Gasteiger partial charge in [-0.3, -0.25) is 0 Å². The van der Waals surface area contributed by atoms with Gasteiger partial charge >= 0.3 is 0 Å². The topological polar surface area (TPSA) is 61.7 Å². The molecule has 1 aromatic carbocycles. The highest BCUT2D eigenvalue weighted by molar-refractivity contribution is 5.43. The molecule has 0 heterocycles. The molecule has 19 heavy (non-hydrogen) atoms. The maximum absolute atomic E-state index is 9.31. The average Bonchev–Trinajstić information content (AvgIpc) is 2.37. The van der Waals surface area contributed by atoms with Gasteiger partial charge in [0.25, 0.3) is 0 Å². The summed E-state index contributed by atoms with van der Waals surface area (Å²) in [6.07, 6.45) is 0.294. The summed E-state index contributed by atoms with van der Waals surface area (Å²) in [5, 5.41) is 21.5. The van der Waals surface area contributed by atoms with Crippen molar-refractivity contribution >= 4 is 0 Å².